The number of piperidine rings is 4. The number of aromatic nitrogens is 3. The second kappa shape index (κ2) is 10.8. The minimum atomic E-state index is -0.941. The second-order valence-electron chi connectivity index (χ2n) is 12.5. The molecule has 224 valence electrons. The fourth-order valence-electron chi connectivity index (χ4n) is 7.51. The summed E-state index contributed by atoms with van der Waals surface area (Å²) >= 11 is 0. The van der Waals surface area contributed by atoms with Crippen molar-refractivity contribution in [3.8, 4) is 22.5 Å². The molecule has 4 N–H and O–H groups in total. The topological polar surface area (TPSA) is 117 Å². The fraction of sp³-hybridized carbons (Fsp3) is 0.343. The Morgan fingerprint density at radius 3 is 2.39 bits per heavy atom. The maximum atomic E-state index is 14.0. The number of aromatic carboxylic acids is 1. The largest absolute Gasteiger partial charge is 0.478 e. The third-order valence-corrected chi connectivity index (χ3v) is 9.88. The van der Waals surface area contributed by atoms with Crippen LogP contribution in [0.2, 0.25) is 0 Å². The molecule has 0 saturated carbocycles. The van der Waals surface area contributed by atoms with Gasteiger partial charge in [-0.05, 0) is 93.1 Å². The monoisotopic (exact) mass is 588 g/mol. The summed E-state index contributed by atoms with van der Waals surface area (Å²) in [6.45, 7) is 5.10. The number of H-pyrrole nitrogens is 2. The molecule has 2 aromatic heterocycles. The van der Waals surface area contributed by atoms with Crippen LogP contribution in [0.4, 0.5) is 11.4 Å². The van der Waals surface area contributed by atoms with E-state index in [0.717, 1.165) is 103 Å². The van der Waals surface area contributed by atoms with E-state index in [2.05, 4.69) is 37.2 Å². The number of aromatic amines is 2. The van der Waals surface area contributed by atoms with Crippen LogP contribution in [0.1, 0.15) is 42.5 Å². The van der Waals surface area contributed by atoms with Crippen LogP contribution in [0.15, 0.2) is 65.5 Å². The first kappa shape index (κ1) is 27.0. The molecule has 44 heavy (non-hydrogen) atoms. The molecule has 9 rings (SSSR count). The number of benzene rings is 3. The number of hydrogen-bond donors (Lipinski definition) is 4. The highest BCUT2D eigenvalue weighted by atomic mass is 16.4. The van der Waals surface area contributed by atoms with Crippen LogP contribution in [0.5, 0.6) is 0 Å². The van der Waals surface area contributed by atoms with E-state index in [-0.39, 0.29) is 17.2 Å². The van der Waals surface area contributed by atoms with Crippen molar-refractivity contribution >= 4 is 39.3 Å². The quantitative estimate of drug-likeness (QED) is 0.194. The van der Waals surface area contributed by atoms with Crippen molar-refractivity contribution in [2.75, 3.05) is 42.9 Å². The molecule has 1 atom stereocenters. The van der Waals surface area contributed by atoms with E-state index in [4.69, 9.17) is 4.98 Å². The highest BCUT2D eigenvalue weighted by Gasteiger charge is 2.35. The van der Waals surface area contributed by atoms with Gasteiger partial charge in [-0.1, -0.05) is 24.3 Å². The molecule has 0 aliphatic carbocycles. The molecule has 4 aliphatic rings. The molecule has 4 saturated heterocycles. The lowest BCUT2D eigenvalue weighted by Crippen LogP contribution is -2.53. The summed E-state index contributed by atoms with van der Waals surface area (Å²) in [7, 11) is 0. The number of fused-ring (bicyclic) bond motifs is 5. The Morgan fingerprint density at radius 2 is 1.68 bits per heavy atom. The summed E-state index contributed by atoms with van der Waals surface area (Å²) in [5.74, 6) is 0.155. The number of carboxylic acid groups (broad SMARTS) is 1. The zero-order valence-corrected chi connectivity index (χ0v) is 24.6. The number of imidazole rings is 1. The highest BCUT2D eigenvalue weighted by molar-refractivity contribution is 6.04. The third-order valence-electron chi connectivity index (χ3n) is 9.88. The zero-order valence-electron chi connectivity index (χ0n) is 24.6. The van der Waals surface area contributed by atoms with Gasteiger partial charge in [-0.15, -0.1) is 0 Å². The Hall–Kier alpha value is -4.63. The van der Waals surface area contributed by atoms with Crippen molar-refractivity contribution in [1.29, 1.82) is 0 Å². The third kappa shape index (κ3) is 4.72. The van der Waals surface area contributed by atoms with Crippen LogP contribution in [0.25, 0.3) is 44.5 Å². The van der Waals surface area contributed by atoms with E-state index < -0.39 is 5.97 Å². The molecule has 0 spiro atoms. The minimum absolute atomic E-state index is 0.177. The van der Waals surface area contributed by atoms with Crippen molar-refractivity contribution in [3.05, 3.63) is 76.6 Å². The summed E-state index contributed by atoms with van der Waals surface area (Å²) < 4.78 is 0. The van der Waals surface area contributed by atoms with E-state index in [0.29, 0.717) is 17.3 Å². The number of anilines is 2. The molecule has 0 unspecified atom stereocenters. The predicted molar refractivity (Wildman–Crippen MR) is 175 cm³/mol. The number of para-hydroxylation sites is 2. The normalized spacial score (nSPS) is 21.6. The fourth-order valence-corrected chi connectivity index (χ4v) is 7.51. The van der Waals surface area contributed by atoms with Gasteiger partial charge in [-0.2, -0.15) is 0 Å². The lowest BCUT2D eigenvalue weighted by atomic mass is 9.83. The number of pyridine rings is 1. The predicted octanol–water partition coefficient (Wildman–Crippen LogP) is 5.93. The molecule has 3 aromatic carbocycles. The Bertz CT molecular complexity index is 1900. The van der Waals surface area contributed by atoms with Crippen molar-refractivity contribution in [3.63, 3.8) is 0 Å². The summed E-state index contributed by atoms with van der Waals surface area (Å²) in [5, 5.41) is 14.4. The van der Waals surface area contributed by atoms with Crippen molar-refractivity contribution in [1.82, 2.24) is 19.9 Å². The van der Waals surface area contributed by atoms with Gasteiger partial charge in [0.15, 0.2) is 0 Å². The second-order valence-corrected chi connectivity index (χ2v) is 12.5. The summed E-state index contributed by atoms with van der Waals surface area (Å²) in [4.78, 5) is 42.1. The van der Waals surface area contributed by atoms with Gasteiger partial charge in [-0.3, -0.25) is 4.79 Å². The molecule has 9 heteroatoms. The Kier molecular flexibility index (Phi) is 6.63. The van der Waals surface area contributed by atoms with E-state index in [9.17, 15) is 14.7 Å². The van der Waals surface area contributed by atoms with E-state index in [1.165, 1.54) is 6.42 Å². The lowest BCUT2D eigenvalue weighted by molar-refractivity contribution is 0.0697. The van der Waals surface area contributed by atoms with Gasteiger partial charge in [-0.25, -0.2) is 9.78 Å². The smallest absolute Gasteiger partial charge is 0.335 e. The zero-order chi connectivity index (χ0) is 29.8. The molecule has 0 radical (unpaired) electrons. The Morgan fingerprint density at radius 1 is 0.909 bits per heavy atom. The maximum absolute atomic E-state index is 14.0. The lowest BCUT2D eigenvalue weighted by Gasteiger charge is -2.45. The van der Waals surface area contributed by atoms with E-state index >= 15 is 0 Å². The molecule has 5 aromatic rings. The summed E-state index contributed by atoms with van der Waals surface area (Å²) in [5.41, 5.74) is 6.91. The van der Waals surface area contributed by atoms with Gasteiger partial charge < -0.3 is 30.2 Å². The van der Waals surface area contributed by atoms with Gasteiger partial charge >= 0.3 is 5.97 Å². The highest BCUT2D eigenvalue weighted by Crippen LogP contribution is 2.41. The molecule has 2 bridgehead atoms. The Balaban J connectivity index is 1.36. The number of carboxylic acids is 1. The molecule has 4 aliphatic heterocycles. The van der Waals surface area contributed by atoms with Crippen LogP contribution < -0.4 is 15.8 Å². The summed E-state index contributed by atoms with van der Waals surface area (Å²) in [6.07, 6.45) is 5.74. The number of carbonyl (C=O) groups is 1. The Labute approximate surface area is 254 Å². The molecule has 4 fully saturated rings. The average molecular weight is 589 g/mol. The maximum Gasteiger partial charge on any atom is 0.335 e. The number of rotatable bonds is 6. The first-order valence-corrected chi connectivity index (χ1v) is 15.8. The summed E-state index contributed by atoms with van der Waals surface area (Å²) in [6, 6.07) is 19.5. The van der Waals surface area contributed by atoms with Crippen LogP contribution >= 0.6 is 0 Å². The first-order valence-electron chi connectivity index (χ1n) is 15.8. The van der Waals surface area contributed by atoms with Gasteiger partial charge in [0.25, 0.3) is 5.56 Å². The number of nitrogens with zero attached hydrogens (tertiary/aromatic N) is 3. The standard InChI is InChI=1S/C35H36N6O3/c42-34-31(33-37-26-6-2-3-7-27(26)38-33)32(36-29-20-40-16-12-22(29)13-17-40)25-18-24(21-8-10-23(11-9-21)35(43)44)30(19-28(25)39-34)41-14-4-1-5-15-41/h2-3,6-11,18-19,22,29H,1,4-5,12-17,20H2,(H,37,38)(H,43,44)(H2,36,39,42)/t29-/m0/s1. The SMILES string of the molecule is O=C(O)c1ccc(-c2cc3c(N[C@H]4CN5CCC4CC5)c(-c4nc5ccccc5[nH]4)c(=O)[nH]c3cc2N2CCCCC2)cc1. The van der Waals surface area contributed by atoms with E-state index in [1.54, 1.807) is 12.1 Å². The molecular formula is C35H36N6O3. The van der Waals surface area contributed by atoms with Gasteiger partial charge in [0.2, 0.25) is 0 Å². The molecule has 0 amide bonds. The molecule has 9 nitrogen and oxygen atoms in total. The molecular weight excluding hydrogens is 552 g/mol. The van der Waals surface area contributed by atoms with Gasteiger partial charge in [0, 0.05) is 42.3 Å². The van der Waals surface area contributed by atoms with Crippen molar-refractivity contribution < 1.29 is 9.90 Å². The average Bonchev–Trinajstić information content (AvgIpc) is 3.49. The van der Waals surface area contributed by atoms with Crippen LogP contribution in [0.3, 0.4) is 0 Å². The number of hydrogen-bond acceptors (Lipinski definition) is 6. The van der Waals surface area contributed by atoms with Crippen LogP contribution in [-0.2, 0) is 0 Å². The van der Waals surface area contributed by atoms with Gasteiger partial charge in [0.05, 0.1) is 27.8 Å². The van der Waals surface area contributed by atoms with Crippen LogP contribution in [-0.4, -0.2) is 69.7 Å². The minimum Gasteiger partial charge on any atom is -0.478 e. The number of nitrogens with one attached hydrogen (secondary N) is 3. The van der Waals surface area contributed by atoms with Gasteiger partial charge in [0.1, 0.15) is 11.4 Å². The van der Waals surface area contributed by atoms with E-state index in [1.807, 2.05) is 36.4 Å². The molecule has 6 heterocycles. The van der Waals surface area contributed by atoms with Crippen molar-refractivity contribution in [2.24, 2.45) is 5.92 Å². The van der Waals surface area contributed by atoms with Crippen LogP contribution in [0, 0.1) is 5.92 Å². The first-order chi connectivity index (χ1) is 21.5. The van der Waals surface area contributed by atoms with Crippen molar-refractivity contribution in [2.45, 2.75) is 38.1 Å².